The largest absolute Gasteiger partial charge is 0.496 e. The Morgan fingerprint density at radius 3 is 3.00 bits per heavy atom. The Bertz CT molecular complexity index is 604. The summed E-state index contributed by atoms with van der Waals surface area (Å²) in [5, 5.41) is 9.59. The molecule has 0 aliphatic carbocycles. The van der Waals surface area contributed by atoms with Crippen molar-refractivity contribution in [1.82, 2.24) is 9.88 Å². The van der Waals surface area contributed by atoms with Crippen LogP contribution in [0.25, 0.3) is 0 Å². The molecule has 2 fully saturated rings. The van der Waals surface area contributed by atoms with E-state index in [9.17, 15) is 9.90 Å². The van der Waals surface area contributed by atoms with Gasteiger partial charge in [-0.05, 0) is 13.8 Å². The number of nitrogens with zero attached hydrogens (tertiary/aromatic N) is 2. The molecule has 6 nitrogen and oxygen atoms in total. The van der Waals surface area contributed by atoms with E-state index in [1.54, 1.807) is 7.11 Å². The summed E-state index contributed by atoms with van der Waals surface area (Å²) in [6, 6.07) is 0. The number of fused-ring (bicyclic) bond motifs is 1. The summed E-state index contributed by atoms with van der Waals surface area (Å²) < 4.78 is 10.8. The van der Waals surface area contributed by atoms with E-state index < -0.39 is 11.4 Å². The Morgan fingerprint density at radius 2 is 2.36 bits per heavy atom. The number of ether oxygens (including phenoxy) is 2. The maximum Gasteiger partial charge on any atom is 0.313 e. The highest BCUT2D eigenvalue weighted by Gasteiger charge is 2.56. The highest BCUT2D eigenvalue weighted by atomic mass is 16.5. The summed E-state index contributed by atoms with van der Waals surface area (Å²) in [5.74, 6) is 0.182. The zero-order chi connectivity index (χ0) is 15.9. The van der Waals surface area contributed by atoms with Crippen molar-refractivity contribution in [2.24, 2.45) is 11.3 Å². The van der Waals surface area contributed by atoms with Gasteiger partial charge in [-0.1, -0.05) is 0 Å². The van der Waals surface area contributed by atoms with Crippen molar-refractivity contribution in [2.75, 3.05) is 33.4 Å². The van der Waals surface area contributed by atoms with E-state index in [1.807, 2.05) is 20.0 Å². The number of methoxy groups -OCH3 is 1. The molecule has 2 aliphatic heterocycles. The summed E-state index contributed by atoms with van der Waals surface area (Å²) in [7, 11) is 1.66. The van der Waals surface area contributed by atoms with E-state index in [0.29, 0.717) is 26.3 Å². The molecule has 120 valence electrons. The van der Waals surface area contributed by atoms with E-state index in [-0.39, 0.29) is 5.92 Å². The van der Waals surface area contributed by atoms with Crippen LogP contribution in [0.2, 0.25) is 0 Å². The molecule has 1 N–H and O–H groups in total. The normalized spacial score (nSPS) is 27.9. The Morgan fingerprint density at radius 1 is 1.59 bits per heavy atom. The first-order valence-corrected chi connectivity index (χ1v) is 7.50. The fourth-order valence-electron chi connectivity index (χ4n) is 3.70. The Hall–Kier alpha value is -1.66. The highest BCUT2D eigenvalue weighted by Crippen LogP contribution is 2.42. The van der Waals surface area contributed by atoms with Crippen molar-refractivity contribution in [2.45, 2.75) is 20.4 Å². The Balaban J connectivity index is 1.80. The van der Waals surface area contributed by atoms with E-state index >= 15 is 0 Å². The second-order valence-electron chi connectivity index (χ2n) is 6.39. The van der Waals surface area contributed by atoms with Gasteiger partial charge in [-0.25, -0.2) is 0 Å². The Kier molecular flexibility index (Phi) is 3.82. The van der Waals surface area contributed by atoms with Crippen LogP contribution in [-0.4, -0.2) is 54.4 Å². The molecule has 1 aromatic heterocycles. The van der Waals surface area contributed by atoms with Crippen molar-refractivity contribution in [3.8, 4) is 5.75 Å². The molecule has 0 bridgehead atoms. The molecule has 22 heavy (non-hydrogen) atoms. The van der Waals surface area contributed by atoms with Gasteiger partial charge in [0.15, 0.2) is 0 Å². The third kappa shape index (κ3) is 2.27. The lowest BCUT2D eigenvalue weighted by atomic mass is 9.81. The number of aromatic nitrogens is 1. The van der Waals surface area contributed by atoms with E-state index in [2.05, 4.69) is 9.88 Å². The third-order valence-electron chi connectivity index (χ3n) is 4.99. The second-order valence-corrected chi connectivity index (χ2v) is 6.39. The van der Waals surface area contributed by atoms with E-state index in [0.717, 1.165) is 29.1 Å². The lowest BCUT2D eigenvalue weighted by molar-refractivity contribution is -0.149. The van der Waals surface area contributed by atoms with Crippen molar-refractivity contribution in [1.29, 1.82) is 0 Å². The molecule has 1 aromatic rings. The quantitative estimate of drug-likeness (QED) is 0.902. The number of likely N-dealkylation sites (tertiary alicyclic amines) is 1. The molecule has 2 saturated heterocycles. The van der Waals surface area contributed by atoms with Gasteiger partial charge in [-0.2, -0.15) is 0 Å². The van der Waals surface area contributed by atoms with Gasteiger partial charge >= 0.3 is 5.97 Å². The monoisotopic (exact) mass is 306 g/mol. The predicted octanol–water partition coefficient (Wildman–Crippen LogP) is 1.24. The van der Waals surface area contributed by atoms with Crippen LogP contribution in [0.5, 0.6) is 5.75 Å². The first kappa shape index (κ1) is 15.2. The molecule has 0 amide bonds. The molecule has 0 aromatic carbocycles. The second kappa shape index (κ2) is 5.52. The van der Waals surface area contributed by atoms with Gasteiger partial charge in [0.1, 0.15) is 11.2 Å². The molecular weight excluding hydrogens is 284 g/mol. The third-order valence-corrected chi connectivity index (χ3v) is 4.99. The van der Waals surface area contributed by atoms with Crippen molar-refractivity contribution in [3.05, 3.63) is 23.0 Å². The first-order valence-electron chi connectivity index (χ1n) is 7.50. The minimum absolute atomic E-state index is 0.0673. The van der Waals surface area contributed by atoms with Crippen LogP contribution < -0.4 is 4.74 Å². The summed E-state index contributed by atoms with van der Waals surface area (Å²) in [6.07, 6.45) is 1.81. The molecule has 0 unspecified atom stereocenters. The SMILES string of the molecule is COc1c(C)cnc(CN2C[C@@H]3COC[C@]3(C(=O)O)C2)c1C. The molecular formula is C16H22N2O4. The zero-order valence-corrected chi connectivity index (χ0v) is 13.3. The van der Waals surface area contributed by atoms with Crippen LogP contribution in [0.1, 0.15) is 16.8 Å². The molecule has 0 saturated carbocycles. The van der Waals surface area contributed by atoms with Crippen LogP contribution in [0.15, 0.2) is 6.20 Å². The number of carboxylic acid groups (broad SMARTS) is 1. The number of aliphatic carboxylic acids is 1. The van der Waals surface area contributed by atoms with Gasteiger partial charge in [0.2, 0.25) is 0 Å². The van der Waals surface area contributed by atoms with Gasteiger partial charge in [0.05, 0.1) is 26.0 Å². The average Bonchev–Trinajstić information content (AvgIpc) is 3.00. The molecule has 6 heteroatoms. The summed E-state index contributed by atoms with van der Waals surface area (Å²) in [5.41, 5.74) is 2.24. The lowest BCUT2D eigenvalue weighted by Crippen LogP contribution is -2.39. The maximum atomic E-state index is 11.7. The average molecular weight is 306 g/mol. The number of aryl methyl sites for hydroxylation is 1. The molecule has 3 rings (SSSR count). The number of hydrogen-bond donors (Lipinski definition) is 1. The topological polar surface area (TPSA) is 71.9 Å². The van der Waals surface area contributed by atoms with Gasteiger partial charge in [-0.15, -0.1) is 0 Å². The van der Waals surface area contributed by atoms with Gasteiger partial charge < -0.3 is 14.6 Å². The van der Waals surface area contributed by atoms with Crippen LogP contribution in [0, 0.1) is 25.2 Å². The van der Waals surface area contributed by atoms with Crippen LogP contribution in [-0.2, 0) is 16.1 Å². The molecule has 2 atom stereocenters. The van der Waals surface area contributed by atoms with Crippen molar-refractivity contribution >= 4 is 5.97 Å². The number of rotatable bonds is 4. The summed E-state index contributed by atoms with van der Waals surface area (Å²) in [6.45, 7) is 6.72. The summed E-state index contributed by atoms with van der Waals surface area (Å²) in [4.78, 5) is 18.4. The summed E-state index contributed by atoms with van der Waals surface area (Å²) >= 11 is 0. The highest BCUT2D eigenvalue weighted by molar-refractivity contribution is 5.76. The number of pyridine rings is 1. The molecule has 3 heterocycles. The standard InChI is InChI=1S/C16H22N2O4/c1-10-4-17-13(11(2)14(10)21-3)6-18-5-12-7-22-9-16(12,8-18)15(19)20/h4,12H,5-9H2,1-3H3,(H,19,20)/t12-,16-/m1/s1. The zero-order valence-electron chi connectivity index (χ0n) is 13.3. The van der Waals surface area contributed by atoms with E-state index in [1.165, 1.54) is 0 Å². The number of hydrogen-bond acceptors (Lipinski definition) is 5. The first-order chi connectivity index (χ1) is 10.5. The predicted molar refractivity (Wildman–Crippen MR) is 79.9 cm³/mol. The van der Waals surface area contributed by atoms with Crippen LogP contribution in [0.3, 0.4) is 0 Å². The smallest absolute Gasteiger partial charge is 0.313 e. The fourth-order valence-corrected chi connectivity index (χ4v) is 3.70. The number of carboxylic acids is 1. The maximum absolute atomic E-state index is 11.7. The minimum Gasteiger partial charge on any atom is -0.496 e. The van der Waals surface area contributed by atoms with Crippen LogP contribution >= 0.6 is 0 Å². The molecule has 2 aliphatic rings. The Labute approximate surface area is 130 Å². The number of carbonyl (C=O) groups is 1. The van der Waals surface area contributed by atoms with Crippen molar-refractivity contribution in [3.63, 3.8) is 0 Å². The van der Waals surface area contributed by atoms with Crippen LogP contribution in [0.4, 0.5) is 0 Å². The van der Waals surface area contributed by atoms with Gasteiger partial charge in [0, 0.05) is 42.9 Å². The van der Waals surface area contributed by atoms with E-state index in [4.69, 9.17) is 9.47 Å². The van der Waals surface area contributed by atoms with Gasteiger partial charge in [0.25, 0.3) is 0 Å². The van der Waals surface area contributed by atoms with Crippen molar-refractivity contribution < 1.29 is 19.4 Å². The van der Waals surface area contributed by atoms with Gasteiger partial charge in [-0.3, -0.25) is 14.7 Å². The molecule has 0 spiro atoms. The fraction of sp³-hybridized carbons (Fsp3) is 0.625. The minimum atomic E-state index is -0.747. The molecule has 0 radical (unpaired) electrons. The lowest BCUT2D eigenvalue weighted by Gasteiger charge is -2.22.